The smallest absolute Gasteiger partial charge is 0.254 e. The van der Waals surface area contributed by atoms with Crippen molar-refractivity contribution in [2.75, 3.05) is 36.4 Å². The summed E-state index contributed by atoms with van der Waals surface area (Å²) in [7, 11) is 0. The SMILES string of the molecule is O=C(c1cccc(NCc2ccccc2)c1)N1CCN(c2ccccc2F)CC1. The zero-order valence-corrected chi connectivity index (χ0v) is 16.2. The number of carbonyl (C=O) groups excluding carboxylic acids is 1. The van der Waals surface area contributed by atoms with Gasteiger partial charge >= 0.3 is 0 Å². The van der Waals surface area contributed by atoms with E-state index < -0.39 is 0 Å². The summed E-state index contributed by atoms with van der Waals surface area (Å²) in [5, 5.41) is 3.37. The number of amides is 1. The largest absolute Gasteiger partial charge is 0.381 e. The van der Waals surface area contributed by atoms with E-state index in [9.17, 15) is 9.18 Å². The van der Waals surface area contributed by atoms with Crippen molar-refractivity contribution in [3.05, 3.63) is 95.8 Å². The van der Waals surface area contributed by atoms with Crippen LogP contribution in [-0.2, 0) is 6.54 Å². The molecule has 1 amide bonds. The molecule has 3 aromatic rings. The number of benzene rings is 3. The van der Waals surface area contributed by atoms with Crippen molar-refractivity contribution in [1.82, 2.24) is 4.90 Å². The Morgan fingerprint density at radius 3 is 2.34 bits per heavy atom. The summed E-state index contributed by atoms with van der Waals surface area (Å²) in [6.07, 6.45) is 0. The first kappa shape index (κ1) is 19.0. The predicted molar refractivity (Wildman–Crippen MR) is 115 cm³/mol. The summed E-state index contributed by atoms with van der Waals surface area (Å²) in [5.41, 5.74) is 3.38. The lowest BCUT2D eigenvalue weighted by molar-refractivity contribution is 0.0746. The van der Waals surface area contributed by atoms with Gasteiger partial charge in [-0.2, -0.15) is 0 Å². The van der Waals surface area contributed by atoms with Gasteiger partial charge in [-0.25, -0.2) is 4.39 Å². The lowest BCUT2D eigenvalue weighted by atomic mass is 10.1. The van der Waals surface area contributed by atoms with Crippen LogP contribution in [0.15, 0.2) is 78.9 Å². The lowest BCUT2D eigenvalue weighted by Crippen LogP contribution is -2.49. The molecule has 0 aromatic heterocycles. The standard InChI is InChI=1S/C24H24FN3O/c25-22-11-4-5-12-23(22)27-13-15-28(16-14-27)24(29)20-9-6-10-21(17-20)26-18-19-7-2-1-3-8-19/h1-12,17,26H,13-16,18H2. The molecule has 0 bridgehead atoms. The van der Waals surface area contributed by atoms with E-state index in [0.29, 0.717) is 44.0 Å². The van der Waals surface area contributed by atoms with E-state index in [1.807, 2.05) is 58.3 Å². The van der Waals surface area contributed by atoms with E-state index in [1.54, 1.807) is 12.1 Å². The Morgan fingerprint density at radius 2 is 1.59 bits per heavy atom. The van der Waals surface area contributed by atoms with Crippen LogP contribution in [0, 0.1) is 5.82 Å². The van der Waals surface area contributed by atoms with Gasteiger partial charge in [-0.1, -0.05) is 48.5 Å². The third-order valence-electron chi connectivity index (χ3n) is 5.21. The monoisotopic (exact) mass is 389 g/mol. The first-order valence-electron chi connectivity index (χ1n) is 9.87. The molecular weight excluding hydrogens is 365 g/mol. The fraction of sp³-hybridized carbons (Fsp3) is 0.208. The number of nitrogens with zero attached hydrogens (tertiary/aromatic N) is 2. The number of anilines is 2. The van der Waals surface area contributed by atoms with Crippen molar-refractivity contribution in [3.8, 4) is 0 Å². The van der Waals surface area contributed by atoms with Crippen molar-refractivity contribution < 1.29 is 9.18 Å². The maximum atomic E-state index is 14.0. The summed E-state index contributed by atoms with van der Waals surface area (Å²) in [6, 6.07) is 24.6. The van der Waals surface area contributed by atoms with E-state index in [0.717, 1.165) is 5.69 Å². The van der Waals surface area contributed by atoms with Gasteiger partial charge in [0.25, 0.3) is 5.91 Å². The van der Waals surface area contributed by atoms with Crippen LogP contribution >= 0.6 is 0 Å². The van der Waals surface area contributed by atoms with E-state index >= 15 is 0 Å². The van der Waals surface area contributed by atoms with Gasteiger partial charge in [0, 0.05) is 44.0 Å². The highest BCUT2D eigenvalue weighted by Gasteiger charge is 2.23. The normalized spacial score (nSPS) is 14.0. The van der Waals surface area contributed by atoms with Crippen molar-refractivity contribution in [1.29, 1.82) is 0 Å². The maximum Gasteiger partial charge on any atom is 0.254 e. The number of rotatable bonds is 5. The van der Waals surface area contributed by atoms with Crippen LogP contribution in [0.25, 0.3) is 0 Å². The molecule has 1 aliphatic rings. The average molecular weight is 389 g/mol. The molecule has 0 spiro atoms. The second kappa shape index (κ2) is 8.78. The summed E-state index contributed by atoms with van der Waals surface area (Å²) in [6.45, 7) is 3.11. The zero-order valence-electron chi connectivity index (χ0n) is 16.2. The van der Waals surface area contributed by atoms with Gasteiger partial charge in [-0.3, -0.25) is 4.79 Å². The van der Waals surface area contributed by atoms with Crippen LogP contribution in [0.3, 0.4) is 0 Å². The minimum Gasteiger partial charge on any atom is -0.381 e. The Balaban J connectivity index is 1.37. The van der Waals surface area contributed by atoms with E-state index in [-0.39, 0.29) is 11.7 Å². The number of carbonyl (C=O) groups is 1. The molecule has 4 nitrogen and oxygen atoms in total. The molecule has 4 rings (SSSR count). The molecule has 0 atom stereocenters. The number of hydrogen-bond donors (Lipinski definition) is 1. The number of halogens is 1. The molecule has 1 aliphatic heterocycles. The van der Waals surface area contributed by atoms with Gasteiger partial charge in [0.1, 0.15) is 5.82 Å². The highest BCUT2D eigenvalue weighted by Crippen LogP contribution is 2.21. The topological polar surface area (TPSA) is 35.6 Å². The quantitative estimate of drug-likeness (QED) is 0.703. The summed E-state index contributed by atoms with van der Waals surface area (Å²) >= 11 is 0. The highest BCUT2D eigenvalue weighted by atomic mass is 19.1. The van der Waals surface area contributed by atoms with Crippen LogP contribution < -0.4 is 10.2 Å². The Kier molecular flexibility index (Phi) is 5.75. The van der Waals surface area contributed by atoms with Crippen LogP contribution in [-0.4, -0.2) is 37.0 Å². The molecule has 3 aromatic carbocycles. The van der Waals surface area contributed by atoms with Crippen molar-refractivity contribution >= 4 is 17.3 Å². The van der Waals surface area contributed by atoms with E-state index in [4.69, 9.17) is 0 Å². The molecule has 0 unspecified atom stereocenters. The molecule has 1 N–H and O–H groups in total. The van der Waals surface area contributed by atoms with Gasteiger partial charge in [-0.05, 0) is 35.9 Å². The van der Waals surface area contributed by atoms with Crippen molar-refractivity contribution in [2.24, 2.45) is 0 Å². The van der Waals surface area contributed by atoms with Gasteiger partial charge in [0.05, 0.1) is 5.69 Å². The fourth-order valence-corrected chi connectivity index (χ4v) is 3.60. The van der Waals surface area contributed by atoms with Crippen LogP contribution in [0.2, 0.25) is 0 Å². The van der Waals surface area contributed by atoms with E-state index in [2.05, 4.69) is 17.4 Å². The molecule has 1 heterocycles. The number of para-hydroxylation sites is 1. The minimum absolute atomic E-state index is 0.0153. The molecule has 1 fully saturated rings. The number of nitrogens with one attached hydrogen (secondary N) is 1. The van der Waals surface area contributed by atoms with Gasteiger partial charge in [0.2, 0.25) is 0 Å². The maximum absolute atomic E-state index is 14.0. The molecule has 0 aliphatic carbocycles. The van der Waals surface area contributed by atoms with Crippen LogP contribution in [0.4, 0.5) is 15.8 Å². The van der Waals surface area contributed by atoms with Crippen molar-refractivity contribution in [2.45, 2.75) is 6.54 Å². The Hall–Kier alpha value is -3.34. The zero-order chi connectivity index (χ0) is 20.1. The second-order valence-electron chi connectivity index (χ2n) is 7.15. The summed E-state index contributed by atoms with van der Waals surface area (Å²) < 4.78 is 14.0. The summed E-state index contributed by atoms with van der Waals surface area (Å²) in [5.74, 6) is -0.203. The van der Waals surface area contributed by atoms with Gasteiger partial charge < -0.3 is 15.1 Å². The predicted octanol–water partition coefficient (Wildman–Crippen LogP) is 4.40. The second-order valence-corrected chi connectivity index (χ2v) is 7.15. The Labute approximate surface area is 170 Å². The van der Waals surface area contributed by atoms with Gasteiger partial charge in [0.15, 0.2) is 0 Å². The van der Waals surface area contributed by atoms with Crippen LogP contribution in [0.1, 0.15) is 15.9 Å². The van der Waals surface area contributed by atoms with E-state index in [1.165, 1.54) is 11.6 Å². The number of hydrogen-bond acceptors (Lipinski definition) is 3. The molecule has 1 saturated heterocycles. The third-order valence-corrected chi connectivity index (χ3v) is 5.21. The highest BCUT2D eigenvalue weighted by molar-refractivity contribution is 5.95. The molecule has 5 heteroatoms. The first-order valence-corrected chi connectivity index (χ1v) is 9.87. The molecule has 29 heavy (non-hydrogen) atoms. The third kappa shape index (κ3) is 4.57. The lowest BCUT2D eigenvalue weighted by Gasteiger charge is -2.36. The van der Waals surface area contributed by atoms with Gasteiger partial charge in [-0.15, -0.1) is 0 Å². The Bertz CT molecular complexity index is 969. The van der Waals surface area contributed by atoms with Crippen molar-refractivity contribution in [3.63, 3.8) is 0 Å². The fourth-order valence-electron chi connectivity index (χ4n) is 3.60. The molecule has 148 valence electrons. The minimum atomic E-state index is -0.218. The van der Waals surface area contributed by atoms with Crippen LogP contribution in [0.5, 0.6) is 0 Å². The molecular formula is C24H24FN3O. The average Bonchev–Trinajstić information content (AvgIpc) is 2.79. The summed E-state index contributed by atoms with van der Waals surface area (Å²) in [4.78, 5) is 16.8. The molecule has 0 saturated carbocycles. The molecule has 0 radical (unpaired) electrons. The number of piperazine rings is 1. The first-order chi connectivity index (χ1) is 14.2. The Morgan fingerprint density at radius 1 is 0.862 bits per heavy atom.